The molecule has 0 radical (unpaired) electrons. The molecule has 4 heterocycles. The van der Waals surface area contributed by atoms with Gasteiger partial charge in [-0.1, -0.05) is 13.8 Å². The van der Waals surface area contributed by atoms with E-state index in [4.69, 9.17) is 15.6 Å². The molecule has 4 rings (SSSR count). The van der Waals surface area contributed by atoms with E-state index < -0.39 is 0 Å². The first kappa shape index (κ1) is 20.5. The third kappa shape index (κ3) is 3.27. The second-order valence-electron chi connectivity index (χ2n) is 8.55. The summed E-state index contributed by atoms with van der Waals surface area (Å²) >= 11 is 0. The summed E-state index contributed by atoms with van der Waals surface area (Å²) < 4.78 is 9.07. The van der Waals surface area contributed by atoms with Crippen LogP contribution in [-0.4, -0.2) is 50.8 Å². The SMILES string of the molecule is COC[C@@H]1CCCN1c1cc(-c2cn([C@@H](C)C(C)C)c(=O)c3c(N)n[nH]c23)nn1C. The molecule has 0 unspecified atom stereocenters. The Morgan fingerprint density at radius 2 is 2.13 bits per heavy atom. The number of rotatable bonds is 6. The maximum Gasteiger partial charge on any atom is 0.264 e. The molecular weight excluding hydrogens is 382 g/mol. The van der Waals surface area contributed by atoms with Crippen LogP contribution < -0.4 is 16.2 Å². The number of nitrogens with two attached hydrogens (primary N) is 1. The molecule has 0 aliphatic carbocycles. The summed E-state index contributed by atoms with van der Waals surface area (Å²) in [5, 5.41) is 12.3. The van der Waals surface area contributed by atoms with Gasteiger partial charge in [-0.3, -0.25) is 14.6 Å². The summed E-state index contributed by atoms with van der Waals surface area (Å²) in [6.07, 6.45) is 4.12. The summed E-state index contributed by atoms with van der Waals surface area (Å²) in [7, 11) is 3.69. The molecule has 1 aliphatic rings. The number of fused-ring (bicyclic) bond motifs is 1. The van der Waals surface area contributed by atoms with Crippen LogP contribution >= 0.6 is 0 Å². The lowest BCUT2D eigenvalue weighted by Crippen LogP contribution is -2.34. The number of hydrogen-bond acceptors (Lipinski definition) is 6. The predicted octanol–water partition coefficient (Wildman–Crippen LogP) is 2.54. The molecule has 9 nitrogen and oxygen atoms in total. The third-order valence-corrected chi connectivity index (χ3v) is 6.35. The van der Waals surface area contributed by atoms with Crippen molar-refractivity contribution in [3.8, 4) is 11.3 Å². The van der Waals surface area contributed by atoms with E-state index in [-0.39, 0.29) is 17.4 Å². The zero-order valence-corrected chi connectivity index (χ0v) is 18.3. The first-order valence-corrected chi connectivity index (χ1v) is 10.5. The van der Waals surface area contributed by atoms with Gasteiger partial charge in [0.2, 0.25) is 0 Å². The molecule has 0 spiro atoms. The molecule has 0 amide bonds. The standard InChI is InChI=1S/C21H31N7O2/c1-12(2)13(3)28-10-15(19-18(21(28)29)20(22)24-23-19)16-9-17(26(4)25-16)27-8-6-7-14(27)11-30-5/h9-10,12-14H,6-8,11H2,1-5H3,(H3,22,23,24)/t13-,14-/m0/s1. The first-order valence-electron chi connectivity index (χ1n) is 10.5. The number of methoxy groups -OCH3 is 1. The lowest BCUT2D eigenvalue weighted by molar-refractivity contribution is 0.180. The van der Waals surface area contributed by atoms with Crippen molar-refractivity contribution in [2.45, 2.75) is 45.7 Å². The van der Waals surface area contributed by atoms with Gasteiger partial charge in [0.25, 0.3) is 5.56 Å². The average Bonchev–Trinajstić information content (AvgIpc) is 3.41. The van der Waals surface area contributed by atoms with Crippen molar-refractivity contribution in [1.82, 2.24) is 24.5 Å². The molecule has 162 valence electrons. The van der Waals surface area contributed by atoms with Crippen molar-refractivity contribution in [3.63, 3.8) is 0 Å². The normalized spacial score (nSPS) is 18.1. The number of aryl methyl sites for hydroxylation is 1. The van der Waals surface area contributed by atoms with Crippen molar-refractivity contribution in [3.05, 3.63) is 22.6 Å². The highest BCUT2D eigenvalue weighted by Crippen LogP contribution is 2.33. The van der Waals surface area contributed by atoms with Crippen LogP contribution in [0, 0.1) is 5.92 Å². The monoisotopic (exact) mass is 413 g/mol. The summed E-state index contributed by atoms with van der Waals surface area (Å²) in [5.74, 6) is 1.55. The summed E-state index contributed by atoms with van der Waals surface area (Å²) in [6, 6.07) is 2.44. The van der Waals surface area contributed by atoms with Crippen LogP contribution in [0.3, 0.4) is 0 Å². The zero-order valence-electron chi connectivity index (χ0n) is 18.3. The number of pyridine rings is 1. The highest BCUT2D eigenvalue weighted by molar-refractivity contribution is 5.97. The maximum absolute atomic E-state index is 13.1. The Labute approximate surface area is 175 Å². The number of nitrogens with zero attached hydrogens (tertiary/aromatic N) is 5. The maximum atomic E-state index is 13.1. The van der Waals surface area contributed by atoms with Gasteiger partial charge in [-0.05, 0) is 25.7 Å². The number of hydrogen-bond donors (Lipinski definition) is 2. The quantitative estimate of drug-likeness (QED) is 0.643. The Balaban J connectivity index is 1.86. The van der Waals surface area contributed by atoms with Crippen LogP contribution in [0.2, 0.25) is 0 Å². The fourth-order valence-electron chi connectivity index (χ4n) is 4.34. The van der Waals surface area contributed by atoms with Crippen molar-refractivity contribution in [2.75, 3.05) is 30.9 Å². The molecule has 1 fully saturated rings. The van der Waals surface area contributed by atoms with Crippen LogP contribution in [0.1, 0.15) is 39.7 Å². The molecule has 1 saturated heterocycles. The molecule has 9 heteroatoms. The minimum Gasteiger partial charge on any atom is -0.383 e. The van der Waals surface area contributed by atoms with E-state index in [1.54, 1.807) is 11.7 Å². The van der Waals surface area contributed by atoms with Gasteiger partial charge in [0.05, 0.1) is 23.9 Å². The van der Waals surface area contributed by atoms with Gasteiger partial charge < -0.3 is 19.9 Å². The van der Waals surface area contributed by atoms with Gasteiger partial charge in [-0.25, -0.2) is 0 Å². The zero-order chi connectivity index (χ0) is 21.6. The Morgan fingerprint density at radius 3 is 2.83 bits per heavy atom. The average molecular weight is 414 g/mol. The van der Waals surface area contributed by atoms with E-state index in [0.29, 0.717) is 29.5 Å². The molecule has 2 atom stereocenters. The van der Waals surface area contributed by atoms with Crippen molar-refractivity contribution in [1.29, 1.82) is 0 Å². The Hall–Kier alpha value is -2.81. The molecule has 1 aliphatic heterocycles. The Kier molecular flexibility index (Phi) is 5.31. The molecule has 3 N–H and O–H groups in total. The summed E-state index contributed by atoms with van der Waals surface area (Å²) in [4.78, 5) is 15.5. The van der Waals surface area contributed by atoms with E-state index in [1.807, 2.05) is 24.9 Å². The summed E-state index contributed by atoms with van der Waals surface area (Å²) in [5.41, 5.74) is 8.16. The second kappa shape index (κ2) is 7.79. The van der Waals surface area contributed by atoms with Crippen molar-refractivity contribution in [2.24, 2.45) is 13.0 Å². The topological polar surface area (TPSA) is 107 Å². The van der Waals surface area contributed by atoms with Gasteiger partial charge in [-0.15, -0.1) is 0 Å². The number of nitrogens with one attached hydrogen (secondary N) is 1. The molecule has 0 saturated carbocycles. The number of ether oxygens (including phenoxy) is 1. The van der Waals surface area contributed by atoms with E-state index in [2.05, 4.69) is 35.0 Å². The molecular formula is C21H31N7O2. The first-order chi connectivity index (χ1) is 14.3. The lowest BCUT2D eigenvalue weighted by atomic mass is 10.0. The van der Waals surface area contributed by atoms with E-state index >= 15 is 0 Å². The molecule has 3 aromatic heterocycles. The van der Waals surface area contributed by atoms with Crippen molar-refractivity contribution < 1.29 is 4.74 Å². The van der Waals surface area contributed by atoms with Crippen LogP contribution in [0.5, 0.6) is 0 Å². The van der Waals surface area contributed by atoms with Crippen molar-refractivity contribution >= 4 is 22.5 Å². The van der Waals surface area contributed by atoms with Crippen LogP contribution in [-0.2, 0) is 11.8 Å². The number of H-pyrrole nitrogens is 1. The number of aromatic nitrogens is 5. The van der Waals surface area contributed by atoms with E-state index in [1.165, 1.54) is 0 Å². The van der Waals surface area contributed by atoms with Crippen LogP contribution in [0.25, 0.3) is 22.2 Å². The van der Waals surface area contributed by atoms with E-state index in [9.17, 15) is 4.79 Å². The molecule has 0 bridgehead atoms. The highest BCUT2D eigenvalue weighted by Gasteiger charge is 2.28. The Morgan fingerprint density at radius 1 is 1.37 bits per heavy atom. The number of nitrogen functional groups attached to an aromatic ring is 1. The van der Waals surface area contributed by atoms with E-state index in [0.717, 1.165) is 36.5 Å². The second-order valence-corrected chi connectivity index (χ2v) is 8.55. The molecule has 30 heavy (non-hydrogen) atoms. The Bertz CT molecular complexity index is 1110. The van der Waals surface area contributed by atoms with Gasteiger partial charge in [0.1, 0.15) is 11.2 Å². The highest BCUT2D eigenvalue weighted by atomic mass is 16.5. The largest absolute Gasteiger partial charge is 0.383 e. The lowest BCUT2D eigenvalue weighted by Gasteiger charge is -2.25. The minimum absolute atomic E-state index is 0.0165. The number of aromatic amines is 1. The smallest absolute Gasteiger partial charge is 0.264 e. The third-order valence-electron chi connectivity index (χ3n) is 6.35. The fourth-order valence-corrected chi connectivity index (χ4v) is 4.34. The molecule has 3 aromatic rings. The summed E-state index contributed by atoms with van der Waals surface area (Å²) in [6.45, 7) is 7.91. The fraction of sp³-hybridized carbons (Fsp3) is 0.571. The van der Waals surface area contributed by atoms with Gasteiger partial charge in [-0.2, -0.15) is 10.2 Å². The van der Waals surface area contributed by atoms with Crippen LogP contribution in [0.15, 0.2) is 17.1 Å². The van der Waals surface area contributed by atoms with Gasteiger partial charge >= 0.3 is 0 Å². The van der Waals surface area contributed by atoms with Gasteiger partial charge in [0, 0.05) is 44.6 Å². The molecule has 0 aromatic carbocycles. The van der Waals surface area contributed by atoms with Gasteiger partial charge in [0.15, 0.2) is 5.82 Å². The minimum atomic E-state index is -0.128. The predicted molar refractivity (Wildman–Crippen MR) is 119 cm³/mol. The number of anilines is 2. The van der Waals surface area contributed by atoms with Crippen LogP contribution in [0.4, 0.5) is 11.6 Å².